The van der Waals surface area contributed by atoms with Gasteiger partial charge in [-0.15, -0.1) is 0 Å². The van der Waals surface area contributed by atoms with E-state index in [0.717, 1.165) is 34.8 Å². The Balaban J connectivity index is 1.35. The second kappa shape index (κ2) is 13.3. The Kier molecular flexibility index (Phi) is 8.89. The fraction of sp³-hybridized carbons (Fsp3) is 0.222. The molecule has 4 aromatic carbocycles. The fourth-order valence-corrected chi connectivity index (χ4v) is 5.86. The molecular formula is C36H33FN4O5. The number of fused-ring (bicyclic) bond motifs is 1. The van der Waals surface area contributed by atoms with Gasteiger partial charge in [-0.2, -0.15) is 0 Å². The highest BCUT2D eigenvalue weighted by Crippen LogP contribution is 2.31. The maximum absolute atomic E-state index is 14.6. The summed E-state index contributed by atoms with van der Waals surface area (Å²) in [6.45, 7) is 4.21. The van der Waals surface area contributed by atoms with Gasteiger partial charge in [-0.1, -0.05) is 48.5 Å². The monoisotopic (exact) mass is 620 g/mol. The van der Waals surface area contributed by atoms with Crippen LogP contribution < -0.4 is 15.1 Å². The van der Waals surface area contributed by atoms with Crippen LogP contribution in [-0.2, 0) is 25.7 Å². The molecule has 0 saturated carbocycles. The number of Topliss-reactive ketones (excluding diaryl/α,β-unsaturated/α-hetero) is 1. The lowest BCUT2D eigenvalue weighted by atomic mass is 10.0. The molecular weight excluding hydrogens is 587 g/mol. The lowest BCUT2D eigenvalue weighted by molar-refractivity contribution is -0.139. The lowest BCUT2D eigenvalue weighted by Crippen LogP contribution is -2.46. The van der Waals surface area contributed by atoms with Gasteiger partial charge in [0.2, 0.25) is 5.91 Å². The number of rotatable bonds is 9. The Bertz CT molecular complexity index is 1790. The van der Waals surface area contributed by atoms with E-state index in [1.165, 1.54) is 23.1 Å². The highest BCUT2D eigenvalue weighted by molar-refractivity contribution is 6.52. The number of hydrogen-bond acceptors (Lipinski definition) is 6. The number of ether oxygens (including phenoxy) is 1. The number of aryl methyl sites for hydroxylation is 1. The van der Waals surface area contributed by atoms with E-state index in [1.54, 1.807) is 42.5 Å². The van der Waals surface area contributed by atoms with Gasteiger partial charge in [-0.25, -0.2) is 4.39 Å². The van der Waals surface area contributed by atoms with E-state index in [0.29, 0.717) is 24.6 Å². The summed E-state index contributed by atoms with van der Waals surface area (Å²) in [5, 5.41) is 2.92. The number of carbonyl (C=O) groups is 4. The molecule has 234 valence electrons. The summed E-state index contributed by atoms with van der Waals surface area (Å²) in [5.41, 5.74) is 3.94. The average Bonchev–Trinajstić information content (AvgIpc) is 3.31. The van der Waals surface area contributed by atoms with Crippen LogP contribution in [0.25, 0.3) is 0 Å². The van der Waals surface area contributed by atoms with Gasteiger partial charge in [-0.3, -0.25) is 24.1 Å². The Morgan fingerprint density at radius 3 is 2.37 bits per heavy atom. The molecule has 46 heavy (non-hydrogen) atoms. The number of nitrogens with one attached hydrogen (secondary N) is 1. The minimum Gasteiger partial charge on any atom is -0.378 e. The Labute approximate surface area is 266 Å². The van der Waals surface area contributed by atoms with Crippen molar-refractivity contribution in [3.63, 3.8) is 0 Å². The number of amides is 3. The highest BCUT2D eigenvalue weighted by atomic mass is 19.1. The molecule has 0 bridgehead atoms. The van der Waals surface area contributed by atoms with Crippen molar-refractivity contribution in [2.45, 2.75) is 19.5 Å². The van der Waals surface area contributed by atoms with Crippen LogP contribution in [0.2, 0.25) is 0 Å². The maximum atomic E-state index is 14.6. The van der Waals surface area contributed by atoms with Crippen molar-refractivity contribution in [1.82, 2.24) is 4.90 Å². The van der Waals surface area contributed by atoms with E-state index in [2.05, 4.69) is 10.2 Å². The zero-order chi connectivity index (χ0) is 32.2. The number of nitrogens with zero attached hydrogens (tertiary/aromatic N) is 3. The standard InChI is InChI=1S/C36H33FN4O5/c1-24-7-2-3-8-26(24)22-41(32(42)23-40-31-12-5-4-11-30(31)34(43)36(40)45)33(25-9-6-10-27(37)21-25)35(44)38-28-13-15-29(16-14-28)39-17-19-46-20-18-39/h2-16,21,33H,17-20,22-23H2,1H3,(H,38,44). The number of anilines is 3. The maximum Gasteiger partial charge on any atom is 0.299 e. The SMILES string of the molecule is Cc1ccccc1CN(C(=O)CN1C(=O)C(=O)c2ccccc21)C(C(=O)Nc1ccc(N2CCOCC2)cc1)c1cccc(F)c1. The van der Waals surface area contributed by atoms with Crippen molar-refractivity contribution >= 4 is 40.6 Å². The molecule has 0 spiro atoms. The molecule has 0 aliphatic carbocycles. The number of halogens is 1. The first kappa shape index (κ1) is 30.7. The molecule has 1 atom stereocenters. The van der Waals surface area contributed by atoms with Crippen LogP contribution in [-0.4, -0.2) is 61.3 Å². The normalized spacial score (nSPS) is 15.0. The van der Waals surface area contributed by atoms with Crippen LogP contribution in [0.5, 0.6) is 0 Å². The second-order valence-electron chi connectivity index (χ2n) is 11.3. The molecule has 4 aromatic rings. The Morgan fingerprint density at radius 1 is 0.913 bits per heavy atom. The second-order valence-corrected chi connectivity index (χ2v) is 11.3. The molecule has 2 aliphatic heterocycles. The molecule has 3 amide bonds. The average molecular weight is 621 g/mol. The first-order valence-electron chi connectivity index (χ1n) is 15.1. The summed E-state index contributed by atoms with van der Waals surface area (Å²) in [6.07, 6.45) is 0. The first-order valence-corrected chi connectivity index (χ1v) is 15.1. The van der Waals surface area contributed by atoms with E-state index in [1.807, 2.05) is 43.3 Å². The van der Waals surface area contributed by atoms with Gasteiger partial charge >= 0.3 is 0 Å². The van der Waals surface area contributed by atoms with E-state index in [4.69, 9.17) is 4.74 Å². The number of para-hydroxylation sites is 1. The molecule has 1 N–H and O–H groups in total. The number of hydrogen-bond donors (Lipinski definition) is 1. The summed E-state index contributed by atoms with van der Waals surface area (Å²) in [7, 11) is 0. The third-order valence-corrected chi connectivity index (χ3v) is 8.33. The highest BCUT2D eigenvalue weighted by Gasteiger charge is 2.39. The summed E-state index contributed by atoms with van der Waals surface area (Å²) in [6, 6.07) is 25.6. The molecule has 1 fully saturated rings. The van der Waals surface area contributed by atoms with Crippen molar-refractivity contribution in [3.05, 3.63) is 125 Å². The summed E-state index contributed by atoms with van der Waals surface area (Å²) in [5.74, 6) is -3.24. The molecule has 1 unspecified atom stereocenters. The summed E-state index contributed by atoms with van der Waals surface area (Å²) < 4.78 is 20.1. The van der Waals surface area contributed by atoms with Crippen LogP contribution in [0.4, 0.5) is 21.5 Å². The van der Waals surface area contributed by atoms with Gasteiger partial charge in [0.25, 0.3) is 17.6 Å². The van der Waals surface area contributed by atoms with E-state index >= 15 is 0 Å². The lowest BCUT2D eigenvalue weighted by Gasteiger charge is -2.33. The van der Waals surface area contributed by atoms with Crippen molar-refractivity contribution < 1.29 is 28.3 Å². The molecule has 1 saturated heterocycles. The predicted molar refractivity (Wildman–Crippen MR) is 172 cm³/mol. The third-order valence-electron chi connectivity index (χ3n) is 8.33. The topological polar surface area (TPSA) is 99.3 Å². The zero-order valence-corrected chi connectivity index (χ0v) is 25.3. The van der Waals surface area contributed by atoms with E-state index in [-0.39, 0.29) is 17.7 Å². The summed E-state index contributed by atoms with van der Waals surface area (Å²) >= 11 is 0. The van der Waals surface area contributed by atoms with Crippen molar-refractivity contribution in [2.24, 2.45) is 0 Å². The quantitative estimate of drug-likeness (QED) is 0.267. The van der Waals surface area contributed by atoms with Crippen molar-refractivity contribution in [3.8, 4) is 0 Å². The van der Waals surface area contributed by atoms with Gasteiger partial charge < -0.3 is 19.9 Å². The van der Waals surface area contributed by atoms with Gasteiger partial charge in [0.15, 0.2) is 0 Å². The van der Waals surface area contributed by atoms with Crippen molar-refractivity contribution in [1.29, 1.82) is 0 Å². The molecule has 2 heterocycles. The van der Waals surface area contributed by atoms with Crippen LogP contribution in [0.3, 0.4) is 0 Å². The minimum absolute atomic E-state index is 0.00625. The van der Waals surface area contributed by atoms with E-state index in [9.17, 15) is 23.6 Å². The predicted octanol–water partition coefficient (Wildman–Crippen LogP) is 4.91. The van der Waals surface area contributed by atoms with Gasteiger partial charge in [0.1, 0.15) is 18.4 Å². The molecule has 0 aromatic heterocycles. The van der Waals surface area contributed by atoms with Crippen LogP contribution >= 0.6 is 0 Å². The van der Waals surface area contributed by atoms with Gasteiger partial charge in [0.05, 0.1) is 24.5 Å². The molecule has 9 nitrogen and oxygen atoms in total. The van der Waals surface area contributed by atoms with Crippen molar-refractivity contribution in [2.75, 3.05) is 48.0 Å². The molecule has 0 radical (unpaired) electrons. The Morgan fingerprint density at radius 2 is 1.63 bits per heavy atom. The minimum atomic E-state index is -1.27. The smallest absolute Gasteiger partial charge is 0.299 e. The van der Waals surface area contributed by atoms with Crippen LogP contribution in [0.1, 0.15) is 33.1 Å². The van der Waals surface area contributed by atoms with Crippen LogP contribution in [0.15, 0.2) is 97.1 Å². The summed E-state index contributed by atoms with van der Waals surface area (Å²) in [4.78, 5) is 58.8. The van der Waals surface area contributed by atoms with Crippen LogP contribution in [0, 0.1) is 12.7 Å². The number of morpholine rings is 1. The number of ketones is 1. The number of benzene rings is 4. The van der Waals surface area contributed by atoms with Gasteiger partial charge in [0, 0.05) is 31.0 Å². The van der Waals surface area contributed by atoms with Gasteiger partial charge in [-0.05, 0) is 72.1 Å². The van der Waals surface area contributed by atoms with E-state index < -0.39 is 41.9 Å². The largest absolute Gasteiger partial charge is 0.378 e. The Hall–Kier alpha value is -5.35. The molecule has 10 heteroatoms. The number of carbonyl (C=O) groups excluding carboxylic acids is 4. The first-order chi connectivity index (χ1) is 22.3. The fourth-order valence-electron chi connectivity index (χ4n) is 5.86. The third kappa shape index (κ3) is 6.38. The zero-order valence-electron chi connectivity index (χ0n) is 25.3. The molecule has 2 aliphatic rings. The molecule has 6 rings (SSSR count).